The number of hydrogen-bond donors (Lipinski definition) is 0. The Hall–Kier alpha value is -0.450. The second kappa shape index (κ2) is 5.05. The molecule has 4 heteroatoms. The van der Waals surface area contributed by atoms with Gasteiger partial charge in [0.1, 0.15) is 4.60 Å². The van der Waals surface area contributed by atoms with Crippen LogP contribution >= 0.6 is 15.9 Å². The van der Waals surface area contributed by atoms with Crippen molar-refractivity contribution in [1.29, 1.82) is 0 Å². The summed E-state index contributed by atoms with van der Waals surface area (Å²) in [5.41, 5.74) is 2.41. The maximum Gasteiger partial charge on any atom is 0.106 e. The first-order chi connectivity index (χ1) is 7.25. The first-order valence-corrected chi connectivity index (χ1v) is 5.97. The van der Waals surface area contributed by atoms with Crippen LogP contribution in [-0.2, 0) is 11.3 Å². The SMILES string of the molecule is Cc1nc(Br)ccc1CN1CCOCC1. The predicted molar refractivity (Wildman–Crippen MR) is 62.8 cm³/mol. The Labute approximate surface area is 98.6 Å². The zero-order valence-electron chi connectivity index (χ0n) is 8.87. The highest BCUT2D eigenvalue weighted by Gasteiger charge is 2.12. The lowest BCUT2D eigenvalue weighted by molar-refractivity contribution is 0.0340. The van der Waals surface area contributed by atoms with Gasteiger partial charge in [-0.15, -0.1) is 0 Å². The van der Waals surface area contributed by atoms with Crippen molar-refractivity contribution in [3.05, 3.63) is 28.0 Å². The van der Waals surface area contributed by atoms with Crippen LogP contribution in [-0.4, -0.2) is 36.2 Å². The number of morpholine rings is 1. The van der Waals surface area contributed by atoms with Gasteiger partial charge in [-0.05, 0) is 34.5 Å². The van der Waals surface area contributed by atoms with Crippen LogP contribution in [0.4, 0.5) is 0 Å². The molecule has 2 rings (SSSR count). The Morgan fingerprint density at radius 2 is 2.13 bits per heavy atom. The number of pyridine rings is 1. The summed E-state index contributed by atoms with van der Waals surface area (Å²) in [5, 5.41) is 0. The van der Waals surface area contributed by atoms with Gasteiger partial charge in [0.25, 0.3) is 0 Å². The number of ether oxygens (including phenoxy) is 1. The van der Waals surface area contributed by atoms with Crippen LogP contribution in [0.3, 0.4) is 0 Å². The van der Waals surface area contributed by atoms with Crippen molar-refractivity contribution in [3.63, 3.8) is 0 Å². The van der Waals surface area contributed by atoms with E-state index in [-0.39, 0.29) is 0 Å². The van der Waals surface area contributed by atoms with E-state index in [4.69, 9.17) is 4.74 Å². The fourth-order valence-corrected chi connectivity index (χ4v) is 2.12. The van der Waals surface area contributed by atoms with E-state index in [1.807, 2.05) is 6.07 Å². The number of halogens is 1. The molecule has 0 aromatic carbocycles. The van der Waals surface area contributed by atoms with E-state index in [1.54, 1.807) is 0 Å². The van der Waals surface area contributed by atoms with Crippen molar-refractivity contribution >= 4 is 15.9 Å². The summed E-state index contributed by atoms with van der Waals surface area (Å²) < 4.78 is 6.23. The van der Waals surface area contributed by atoms with Crippen molar-refractivity contribution in [3.8, 4) is 0 Å². The molecule has 82 valence electrons. The van der Waals surface area contributed by atoms with E-state index >= 15 is 0 Å². The summed E-state index contributed by atoms with van der Waals surface area (Å²) in [7, 11) is 0. The van der Waals surface area contributed by atoms with Crippen LogP contribution in [0.1, 0.15) is 11.3 Å². The molecule has 0 radical (unpaired) electrons. The quantitative estimate of drug-likeness (QED) is 0.769. The molecule has 0 atom stereocenters. The van der Waals surface area contributed by atoms with Gasteiger partial charge in [0.05, 0.1) is 13.2 Å². The minimum atomic E-state index is 0.850. The maximum absolute atomic E-state index is 5.32. The van der Waals surface area contributed by atoms with Gasteiger partial charge in [-0.25, -0.2) is 4.98 Å². The van der Waals surface area contributed by atoms with E-state index in [0.29, 0.717) is 0 Å². The van der Waals surface area contributed by atoms with Crippen molar-refractivity contribution in [1.82, 2.24) is 9.88 Å². The minimum absolute atomic E-state index is 0.850. The molecule has 0 spiro atoms. The zero-order valence-corrected chi connectivity index (χ0v) is 10.5. The van der Waals surface area contributed by atoms with E-state index < -0.39 is 0 Å². The average molecular weight is 271 g/mol. The fraction of sp³-hybridized carbons (Fsp3) is 0.545. The first-order valence-electron chi connectivity index (χ1n) is 5.18. The summed E-state index contributed by atoms with van der Waals surface area (Å²) in [6.07, 6.45) is 0. The third-order valence-electron chi connectivity index (χ3n) is 2.66. The lowest BCUT2D eigenvalue weighted by Gasteiger charge is -2.26. The lowest BCUT2D eigenvalue weighted by atomic mass is 10.2. The molecule has 2 heterocycles. The van der Waals surface area contributed by atoms with Crippen molar-refractivity contribution in [2.45, 2.75) is 13.5 Å². The zero-order chi connectivity index (χ0) is 10.7. The van der Waals surface area contributed by atoms with Gasteiger partial charge < -0.3 is 4.74 Å². The second-order valence-corrected chi connectivity index (χ2v) is 4.58. The summed E-state index contributed by atoms with van der Waals surface area (Å²) >= 11 is 3.38. The highest BCUT2D eigenvalue weighted by atomic mass is 79.9. The predicted octanol–water partition coefficient (Wildman–Crippen LogP) is 1.98. The van der Waals surface area contributed by atoms with Gasteiger partial charge >= 0.3 is 0 Å². The molecule has 3 nitrogen and oxygen atoms in total. The van der Waals surface area contributed by atoms with Gasteiger partial charge in [0.2, 0.25) is 0 Å². The van der Waals surface area contributed by atoms with E-state index in [1.165, 1.54) is 5.56 Å². The molecule has 1 aliphatic heterocycles. The number of aromatic nitrogens is 1. The number of aryl methyl sites for hydroxylation is 1. The fourth-order valence-electron chi connectivity index (χ4n) is 1.73. The highest BCUT2D eigenvalue weighted by molar-refractivity contribution is 9.10. The Morgan fingerprint density at radius 1 is 1.40 bits per heavy atom. The average Bonchev–Trinajstić information content (AvgIpc) is 2.24. The van der Waals surface area contributed by atoms with Crippen LogP contribution in [0.25, 0.3) is 0 Å². The van der Waals surface area contributed by atoms with Crippen LogP contribution in [0, 0.1) is 6.92 Å². The maximum atomic E-state index is 5.32. The molecule has 0 N–H and O–H groups in total. The van der Waals surface area contributed by atoms with Gasteiger partial charge in [-0.2, -0.15) is 0 Å². The van der Waals surface area contributed by atoms with Crippen LogP contribution in [0.5, 0.6) is 0 Å². The smallest absolute Gasteiger partial charge is 0.106 e. The van der Waals surface area contributed by atoms with Crippen LogP contribution in [0.2, 0.25) is 0 Å². The molecular weight excluding hydrogens is 256 g/mol. The molecule has 0 aliphatic carbocycles. The summed E-state index contributed by atoms with van der Waals surface area (Å²) in [4.78, 5) is 6.80. The molecule has 15 heavy (non-hydrogen) atoms. The van der Waals surface area contributed by atoms with Crippen molar-refractivity contribution < 1.29 is 4.74 Å². The molecular formula is C11H15BrN2O. The van der Waals surface area contributed by atoms with E-state index in [0.717, 1.165) is 43.1 Å². The van der Waals surface area contributed by atoms with Gasteiger partial charge in [0, 0.05) is 25.3 Å². The molecule has 1 aromatic heterocycles. The summed E-state index contributed by atoms with van der Waals surface area (Å²) in [6, 6.07) is 4.14. The molecule has 1 fully saturated rings. The van der Waals surface area contributed by atoms with Gasteiger partial charge in [-0.3, -0.25) is 4.90 Å². The number of hydrogen-bond acceptors (Lipinski definition) is 3. The molecule has 1 aromatic rings. The van der Waals surface area contributed by atoms with Crippen molar-refractivity contribution in [2.75, 3.05) is 26.3 Å². The Bertz CT molecular complexity index is 337. The van der Waals surface area contributed by atoms with E-state index in [9.17, 15) is 0 Å². The number of nitrogens with zero attached hydrogens (tertiary/aromatic N) is 2. The molecule has 0 saturated carbocycles. The van der Waals surface area contributed by atoms with Crippen LogP contribution < -0.4 is 0 Å². The largest absolute Gasteiger partial charge is 0.379 e. The minimum Gasteiger partial charge on any atom is -0.379 e. The molecule has 0 amide bonds. The highest BCUT2D eigenvalue weighted by Crippen LogP contribution is 2.14. The molecule has 1 saturated heterocycles. The van der Waals surface area contributed by atoms with Crippen LogP contribution in [0.15, 0.2) is 16.7 Å². The normalized spacial score (nSPS) is 18.0. The lowest BCUT2D eigenvalue weighted by Crippen LogP contribution is -2.35. The monoisotopic (exact) mass is 270 g/mol. The molecule has 0 unspecified atom stereocenters. The Kier molecular flexibility index (Phi) is 3.72. The number of rotatable bonds is 2. The summed E-state index contributed by atoms with van der Waals surface area (Å²) in [6.45, 7) is 6.78. The topological polar surface area (TPSA) is 25.4 Å². The van der Waals surface area contributed by atoms with Crippen molar-refractivity contribution in [2.24, 2.45) is 0 Å². The molecule has 1 aliphatic rings. The molecule has 0 bridgehead atoms. The Balaban J connectivity index is 2.03. The first kappa shape index (κ1) is 11.0. The van der Waals surface area contributed by atoms with Gasteiger partial charge in [0.15, 0.2) is 0 Å². The third-order valence-corrected chi connectivity index (χ3v) is 3.10. The standard InChI is InChI=1S/C11H15BrN2O/c1-9-10(2-3-11(12)13-9)8-14-4-6-15-7-5-14/h2-3H,4-8H2,1H3. The van der Waals surface area contributed by atoms with Gasteiger partial charge in [-0.1, -0.05) is 6.07 Å². The summed E-state index contributed by atoms with van der Waals surface area (Å²) in [5.74, 6) is 0. The Morgan fingerprint density at radius 3 is 2.80 bits per heavy atom. The van der Waals surface area contributed by atoms with E-state index in [2.05, 4.69) is 38.8 Å². The second-order valence-electron chi connectivity index (χ2n) is 3.77. The third kappa shape index (κ3) is 3.00.